The number of amides is 2. The van der Waals surface area contributed by atoms with Gasteiger partial charge in [0.15, 0.2) is 0 Å². The van der Waals surface area contributed by atoms with Gasteiger partial charge in [-0.25, -0.2) is 9.78 Å². The van der Waals surface area contributed by atoms with Crippen molar-refractivity contribution in [3.8, 4) is 0 Å². The van der Waals surface area contributed by atoms with Gasteiger partial charge in [-0.2, -0.15) is 0 Å². The molecule has 1 aliphatic rings. The topological polar surface area (TPSA) is 76.5 Å². The second-order valence-electron chi connectivity index (χ2n) is 7.53. The summed E-state index contributed by atoms with van der Waals surface area (Å²) >= 11 is 0. The Bertz CT molecular complexity index is 585. The number of carbonyl (C=O) groups is 2. The quantitative estimate of drug-likeness (QED) is 0.885. The van der Waals surface area contributed by atoms with E-state index in [4.69, 9.17) is 4.74 Å². The van der Waals surface area contributed by atoms with Crippen LogP contribution in [0.4, 0.5) is 4.79 Å². The zero-order chi connectivity index (χ0) is 18.4. The molecule has 0 aliphatic carbocycles. The Balaban J connectivity index is 1.88. The highest BCUT2D eigenvalue weighted by molar-refractivity contribution is 5.80. The Morgan fingerprint density at radius 2 is 1.96 bits per heavy atom. The summed E-state index contributed by atoms with van der Waals surface area (Å²) in [5.74, 6) is 0.138. The molecule has 0 radical (unpaired) electrons. The smallest absolute Gasteiger partial charge is 0.407 e. The zero-order valence-electron chi connectivity index (χ0n) is 15.7. The molecule has 0 spiro atoms. The summed E-state index contributed by atoms with van der Waals surface area (Å²) in [5, 5.41) is 2.74. The standard InChI is InChI=1S/C18H30N4O3/c1-14(16(23)21-10-6-5-7-11-21)22-13-19-12-15(22)8-9-20-17(24)25-18(2,3)4/h12-14H,5-11H2,1-4H3,(H,20,24). The fraction of sp³-hybridized carbons (Fsp3) is 0.722. The Labute approximate surface area is 149 Å². The van der Waals surface area contributed by atoms with Gasteiger partial charge in [-0.3, -0.25) is 4.79 Å². The average molecular weight is 350 g/mol. The third-order valence-corrected chi connectivity index (χ3v) is 4.24. The number of alkyl carbamates (subject to hydrolysis) is 1. The predicted molar refractivity (Wildman–Crippen MR) is 95.3 cm³/mol. The molecule has 2 rings (SSSR count). The normalized spacial score (nSPS) is 16.4. The molecule has 1 aromatic rings. The van der Waals surface area contributed by atoms with Crippen LogP contribution in [0.3, 0.4) is 0 Å². The maximum atomic E-state index is 12.7. The van der Waals surface area contributed by atoms with Gasteiger partial charge in [0.25, 0.3) is 0 Å². The fourth-order valence-electron chi connectivity index (χ4n) is 2.98. The number of hydrogen-bond acceptors (Lipinski definition) is 4. The SMILES string of the molecule is CC(C(=O)N1CCCCC1)n1cncc1CCNC(=O)OC(C)(C)C. The number of nitrogens with one attached hydrogen (secondary N) is 1. The van der Waals surface area contributed by atoms with E-state index in [1.54, 1.807) is 12.5 Å². The number of aromatic nitrogens is 2. The molecule has 7 nitrogen and oxygen atoms in total. The van der Waals surface area contributed by atoms with Crippen LogP contribution in [-0.4, -0.2) is 51.7 Å². The van der Waals surface area contributed by atoms with E-state index in [9.17, 15) is 9.59 Å². The molecule has 2 heterocycles. The van der Waals surface area contributed by atoms with Gasteiger partial charge in [0.1, 0.15) is 11.6 Å². The summed E-state index contributed by atoms with van der Waals surface area (Å²) in [6.07, 6.45) is 6.95. The highest BCUT2D eigenvalue weighted by Crippen LogP contribution is 2.17. The molecule has 2 amide bonds. The molecule has 0 bridgehead atoms. The maximum absolute atomic E-state index is 12.7. The molecule has 0 saturated carbocycles. The first-order valence-electron chi connectivity index (χ1n) is 9.04. The number of imidazole rings is 1. The molecule has 1 saturated heterocycles. The first-order valence-corrected chi connectivity index (χ1v) is 9.04. The van der Waals surface area contributed by atoms with E-state index < -0.39 is 11.7 Å². The Morgan fingerprint density at radius 3 is 2.60 bits per heavy atom. The van der Waals surface area contributed by atoms with E-state index in [0.29, 0.717) is 13.0 Å². The number of carbonyl (C=O) groups excluding carboxylic acids is 2. The van der Waals surface area contributed by atoms with E-state index in [1.165, 1.54) is 6.42 Å². The van der Waals surface area contributed by atoms with Crippen molar-refractivity contribution < 1.29 is 14.3 Å². The van der Waals surface area contributed by atoms with E-state index >= 15 is 0 Å². The van der Waals surface area contributed by atoms with Crippen molar-refractivity contribution in [2.75, 3.05) is 19.6 Å². The van der Waals surface area contributed by atoms with E-state index in [0.717, 1.165) is 31.6 Å². The third kappa shape index (κ3) is 5.76. The van der Waals surface area contributed by atoms with Crippen molar-refractivity contribution in [1.82, 2.24) is 19.8 Å². The van der Waals surface area contributed by atoms with Crippen LogP contribution in [-0.2, 0) is 16.0 Å². The summed E-state index contributed by atoms with van der Waals surface area (Å²) < 4.78 is 7.12. The summed E-state index contributed by atoms with van der Waals surface area (Å²) in [6.45, 7) is 9.51. The van der Waals surface area contributed by atoms with Crippen LogP contribution in [0.2, 0.25) is 0 Å². The summed E-state index contributed by atoms with van der Waals surface area (Å²) in [6, 6.07) is -0.280. The largest absolute Gasteiger partial charge is 0.444 e. The van der Waals surface area contributed by atoms with E-state index in [-0.39, 0.29) is 11.9 Å². The van der Waals surface area contributed by atoms with Crippen molar-refractivity contribution in [2.24, 2.45) is 0 Å². The van der Waals surface area contributed by atoms with Crippen molar-refractivity contribution in [3.63, 3.8) is 0 Å². The van der Waals surface area contributed by atoms with Crippen LogP contribution in [0.5, 0.6) is 0 Å². The lowest BCUT2D eigenvalue weighted by Gasteiger charge is -2.30. The highest BCUT2D eigenvalue weighted by atomic mass is 16.6. The van der Waals surface area contributed by atoms with Gasteiger partial charge in [-0.1, -0.05) is 0 Å². The molecule has 1 unspecified atom stereocenters. The Kier molecular flexibility index (Phi) is 6.45. The second-order valence-corrected chi connectivity index (χ2v) is 7.53. The molecule has 25 heavy (non-hydrogen) atoms. The minimum Gasteiger partial charge on any atom is -0.444 e. The van der Waals surface area contributed by atoms with Gasteiger partial charge in [0, 0.05) is 37.9 Å². The minimum absolute atomic E-state index is 0.138. The van der Waals surface area contributed by atoms with Gasteiger partial charge >= 0.3 is 6.09 Å². The lowest BCUT2D eigenvalue weighted by Crippen LogP contribution is -2.40. The summed E-state index contributed by atoms with van der Waals surface area (Å²) in [4.78, 5) is 30.5. The van der Waals surface area contributed by atoms with Gasteiger partial charge in [0.2, 0.25) is 5.91 Å². The lowest BCUT2D eigenvalue weighted by molar-refractivity contribution is -0.135. The zero-order valence-corrected chi connectivity index (χ0v) is 15.7. The fourth-order valence-corrected chi connectivity index (χ4v) is 2.98. The number of ether oxygens (including phenoxy) is 1. The number of nitrogens with zero attached hydrogens (tertiary/aromatic N) is 3. The van der Waals surface area contributed by atoms with Crippen LogP contribution < -0.4 is 5.32 Å². The van der Waals surface area contributed by atoms with Gasteiger partial charge in [-0.05, 0) is 47.0 Å². The van der Waals surface area contributed by atoms with Crippen LogP contribution in [0, 0.1) is 0 Å². The van der Waals surface area contributed by atoms with Crippen LogP contribution in [0.25, 0.3) is 0 Å². The molecule has 1 aromatic heterocycles. The van der Waals surface area contributed by atoms with Crippen molar-refractivity contribution >= 4 is 12.0 Å². The molecule has 0 aromatic carbocycles. The molecule has 1 atom stereocenters. The number of likely N-dealkylation sites (tertiary alicyclic amines) is 1. The van der Waals surface area contributed by atoms with Crippen LogP contribution in [0.1, 0.15) is 58.7 Å². The third-order valence-electron chi connectivity index (χ3n) is 4.24. The average Bonchev–Trinajstić information content (AvgIpc) is 3.01. The highest BCUT2D eigenvalue weighted by Gasteiger charge is 2.24. The lowest BCUT2D eigenvalue weighted by atomic mass is 10.1. The first-order chi connectivity index (χ1) is 11.8. The molecular formula is C18H30N4O3. The minimum atomic E-state index is -0.513. The first kappa shape index (κ1) is 19.3. The Hall–Kier alpha value is -2.05. The predicted octanol–water partition coefficient (Wildman–Crippen LogP) is 2.52. The van der Waals surface area contributed by atoms with E-state index in [2.05, 4.69) is 10.3 Å². The van der Waals surface area contributed by atoms with Crippen LogP contribution >= 0.6 is 0 Å². The molecule has 1 fully saturated rings. The van der Waals surface area contributed by atoms with Gasteiger partial charge in [-0.15, -0.1) is 0 Å². The number of hydrogen-bond donors (Lipinski definition) is 1. The molecule has 7 heteroatoms. The van der Waals surface area contributed by atoms with E-state index in [1.807, 2.05) is 37.2 Å². The number of piperidine rings is 1. The number of rotatable bonds is 5. The monoisotopic (exact) mass is 350 g/mol. The summed E-state index contributed by atoms with van der Waals surface area (Å²) in [5.41, 5.74) is 0.412. The molecular weight excluding hydrogens is 320 g/mol. The van der Waals surface area contributed by atoms with Crippen molar-refractivity contribution in [3.05, 3.63) is 18.2 Å². The van der Waals surface area contributed by atoms with Crippen molar-refractivity contribution in [2.45, 2.75) is 65.0 Å². The van der Waals surface area contributed by atoms with Gasteiger partial charge < -0.3 is 19.5 Å². The summed E-state index contributed by atoms with van der Waals surface area (Å²) in [7, 11) is 0. The second kappa shape index (κ2) is 8.36. The van der Waals surface area contributed by atoms with Crippen LogP contribution in [0.15, 0.2) is 12.5 Å². The molecule has 1 N–H and O–H groups in total. The molecule has 1 aliphatic heterocycles. The van der Waals surface area contributed by atoms with Crippen molar-refractivity contribution in [1.29, 1.82) is 0 Å². The maximum Gasteiger partial charge on any atom is 0.407 e. The molecule has 140 valence electrons. The Morgan fingerprint density at radius 1 is 1.28 bits per heavy atom. The van der Waals surface area contributed by atoms with Gasteiger partial charge in [0.05, 0.1) is 6.33 Å².